The van der Waals surface area contributed by atoms with Gasteiger partial charge in [0.1, 0.15) is 6.10 Å². The van der Waals surface area contributed by atoms with E-state index < -0.39 is 0 Å². The van der Waals surface area contributed by atoms with Gasteiger partial charge in [-0.2, -0.15) is 0 Å². The molecule has 0 fully saturated rings. The van der Waals surface area contributed by atoms with Crippen LogP contribution in [0.5, 0.6) is 0 Å². The third-order valence-electron chi connectivity index (χ3n) is 3.61. The van der Waals surface area contributed by atoms with Crippen LogP contribution in [-0.4, -0.2) is 15.2 Å². The van der Waals surface area contributed by atoms with Gasteiger partial charge < -0.3 is 9.84 Å². The summed E-state index contributed by atoms with van der Waals surface area (Å²) in [7, 11) is 0. The fraction of sp³-hybridized carbons (Fsp3) is 0.0435. The maximum Gasteiger partial charge on any atom is 0.192 e. The van der Waals surface area contributed by atoms with Gasteiger partial charge in [0.15, 0.2) is 10.1 Å². The Labute approximate surface area is 170 Å². The first-order valence-corrected chi connectivity index (χ1v) is 9.15. The number of aliphatic hydroxyl groups excluding tert-OH is 1. The van der Waals surface area contributed by atoms with Crippen LogP contribution < -0.4 is 0 Å². The van der Waals surface area contributed by atoms with Gasteiger partial charge in [-0.15, -0.1) is 0 Å². The molecule has 1 unspecified atom stereocenters. The molecule has 2 nitrogen and oxygen atoms in total. The lowest BCUT2D eigenvalue weighted by atomic mass is 10.1. The van der Waals surface area contributed by atoms with E-state index in [2.05, 4.69) is 18.8 Å². The molecule has 0 aromatic heterocycles. The summed E-state index contributed by atoms with van der Waals surface area (Å²) in [6.07, 6.45) is 1.55. The zero-order chi connectivity index (χ0) is 19.5. The number of thiocarbonyl (C=S) groups is 2. The monoisotopic (exact) mass is 392 g/mol. The second kappa shape index (κ2) is 11.0. The summed E-state index contributed by atoms with van der Waals surface area (Å²) in [5, 5.41) is 9.20. The average molecular weight is 393 g/mol. The SMILES string of the molecule is C=CC(OC(=S)c1ccccc1)c1ccccc1.OC(=S)c1ccccc1. The lowest BCUT2D eigenvalue weighted by Crippen LogP contribution is -2.08. The minimum atomic E-state index is -0.209. The van der Waals surface area contributed by atoms with E-state index in [9.17, 15) is 0 Å². The molecule has 3 aromatic rings. The Morgan fingerprint density at radius 2 is 1.22 bits per heavy atom. The van der Waals surface area contributed by atoms with Crippen LogP contribution in [-0.2, 0) is 4.74 Å². The second-order valence-electron chi connectivity index (χ2n) is 5.51. The van der Waals surface area contributed by atoms with Crippen molar-refractivity contribution in [1.82, 2.24) is 0 Å². The first-order chi connectivity index (χ1) is 13.1. The number of benzene rings is 3. The van der Waals surface area contributed by atoms with Crippen LogP contribution in [0.15, 0.2) is 104 Å². The van der Waals surface area contributed by atoms with Gasteiger partial charge in [0, 0.05) is 11.1 Å². The highest BCUT2D eigenvalue weighted by atomic mass is 32.1. The number of aliphatic hydroxyl groups is 1. The molecule has 0 saturated carbocycles. The van der Waals surface area contributed by atoms with Crippen LogP contribution in [0.2, 0.25) is 0 Å². The Morgan fingerprint density at radius 3 is 1.63 bits per heavy atom. The van der Waals surface area contributed by atoms with E-state index >= 15 is 0 Å². The van der Waals surface area contributed by atoms with Crippen LogP contribution in [0.4, 0.5) is 0 Å². The fourth-order valence-corrected chi connectivity index (χ4v) is 2.61. The molecule has 0 aliphatic carbocycles. The standard InChI is InChI=1S/C16H14OS.C7H6OS/c1-2-15(13-9-5-3-6-10-13)17-16(18)14-11-7-4-8-12-14;8-7(9)6-4-2-1-3-5-6/h2-12,15H,1H2;1-5H,(H,8,9). The number of rotatable bonds is 5. The topological polar surface area (TPSA) is 29.5 Å². The molecular formula is C23H20O2S2. The average Bonchev–Trinajstić information content (AvgIpc) is 2.74. The van der Waals surface area contributed by atoms with Crippen LogP contribution in [0.1, 0.15) is 22.8 Å². The van der Waals surface area contributed by atoms with Crippen molar-refractivity contribution < 1.29 is 9.84 Å². The highest BCUT2D eigenvalue weighted by Crippen LogP contribution is 2.20. The van der Waals surface area contributed by atoms with Gasteiger partial charge in [-0.3, -0.25) is 0 Å². The zero-order valence-electron chi connectivity index (χ0n) is 14.7. The fourth-order valence-electron chi connectivity index (χ4n) is 2.23. The van der Waals surface area contributed by atoms with Crippen molar-refractivity contribution in [2.75, 3.05) is 0 Å². The van der Waals surface area contributed by atoms with Crippen molar-refractivity contribution in [3.05, 3.63) is 120 Å². The van der Waals surface area contributed by atoms with Crippen molar-refractivity contribution in [2.24, 2.45) is 0 Å². The molecule has 1 atom stereocenters. The highest BCUT2D eigenvalue weighted by Gasteiger charge is 2.11. The Morgan fingerprint density at radius 1 is 0.778 bits per heavy atom. The molecule has 27 heavy (non-hydrogen) atoms. The van der Waals surface area contributed by atoms with Gasteiger partial charge >= 0.3 is 0 Å². The lowest BCUT2D eigenvalue weighted by Gasteiger charge is -2.16. The van der Waals surface area contributed by atoms with E-state index in [1.165, 1.54) is 0 Å². The van der Waals surface area contributed by atoms with Crippen molar-refractivity contribution in [3.8, 4) is 0 Å². The van der Waals surface area contributed by atoms with Gasteiger partial charge in [0.05, 0.1) is 0 Å². The van der Waals surface area contributed by atoms with Crippen molar-refractivity contribution >= 4 is 34.5 Å². The third-order valence-corrected chi connectivity index (χ3v) is 4.17. The molecule has 0 heterocycles. The zero-order valence-corrected chi connectivity index (χ0v) is 16.3. The lowest BCUT2D eigenvalue weighted by molar-refractivity contribution is 0.250. The third kappa shape index (κ3) is 6.77. The van der Waals surface area contributed by atoms with Gasteiger partial charge in [-0.1, -0.05) is 97.6 Å². The number of hydrogen-bond acceptors (Lipinski definition) is 3. The molecule has 0 amide bonds. The van der Waals surface area contributed by atoms with Crippen LogP contribution in [0, 0.1) is 0 Å². The van der Waals surface area contributed by atoms with Gasteiger partial charge in [0.2, 0.25) is 0 Å². The number of ether oxygens (including phenoxy) is 1. The molecule has 1 N–H and O–H groups in total. The van der Waals surface area contributed by atoms with E-state index in [4.69, 9.17) is 22.1 Å². The smallest absolute Gasteiger partial charge is 0.192 e. The summed E-state index contributed by atoms with van der Waals surface area (Å²) in [6.45, 7) is 3.80. The summed E-state index contributed by atoms with van der Waals surface area (Å²) >= 11 is 9.81. The predicted molar refractivity (Wildman–Crippen MR) is 119 cm³/mol. The molecule has 0 saturated heterocycles. The van der Waals surface area contributed by atoms with Crippen molar-refractivity contribution in [1.29, 1.82) is 0 Å². The molecule has 136 valence electrons. The van der Waals surface area contributed by atoms with Crippen molar-refractivity contribution in [2.45, 2.75) is 6.10 Å². The summed E-state index contributed by atoms with van der Waals surface area (Å²) in [6, 6.07) is 28.7. The summed E-state index contributed by atoms with van der Waals surface area (Å²) < 4.78 is 5.79. The molecular weight excluding hydrogens is 372 g/mol. The normalized spacial score (nSPS) is 10.7. The molecule has 3 rings (SSSR count). The Balaban J connectivity index is 0.000000244. The molecule has 0 aliphatic rings. The van der Waals surface area contributed by atoms with E-state index in [0.717, 1.165) is 11.1 Å². The molecule has 4 heteroatoms. The van der Waals surface area contributed by atoms with Crippen molar-refractivity contribution in [3.63, 3.8) is 0 Å². The van der Waals surface area contributed by atoms with E-state index in [1.54, 1.807) is 18.2 Å². The van der Waals surface area contributed by atoms with Crippen LogP contribution >= 0.6 is 24.4 Å². The van der Waals surface area contributed by atoms with E-state index in [1.807, 2.05) is 78.9 Å². The summed E-state index contributed by atoms with van der Waals surface area (Å²) in [5.41, 5.74) is 2.66. The Hall–Kier alpha value is -2.82. The van der Waals surface area contributed by atoms with Crippen LogP contribution in [0.3, 0.4) is 0 Å². The molecule has 0 radical (unpaired) electrons. The number of hydrogen-bond donors (Lipinski definition) is 1. The molecule has 3 aromatic carbocycles. The summed E-state index contributed by atoms with van der Waals surface area (Å²) in [4.78, 5) is 0. The second-order valence-corrected chi connectivity index (χ2v) is 6.27. The minimum Gasteiger partial charge on any atom is -0.499 e. The highest BCUT2D eigenvalue weighted by molar-refractivity contribution is 7.80. The Bertz CT molecular complexity index is 863. The first kappa shape index (κ1) is 20.5. The minimum absolute atomic E-state index is 0.0457. The quantitative estimate of drug-likeness (QED) is 0.412. The molecule has 0 bridgehead atoms. The van der Waals surface area contributed by atoms with E-state index in [0.29, 0.717) is 10.6 Å². The van der Waals surface area contributed by atoms with Gasteiger partial charge in [0.25, 0.3) is 0 Å². The Kier molecular flexibility index (Phi) is 8.36. The summed E-state index contributed by atoms with van der Waals surface area (Å²) in [5.74, 6) is 0. The maximum absolute atomic E-state index is 8.76. The first-order valence-electron chi connectivity index (χ1n) is 8.33. The molecule has 0 aliphatic heterocycles. The van der Waals surface area contributed by atoms with Crippen LogP contribution in [0.25, 0.3) is 0 Å². The largest absolute Gasteiger partial charge is 0.499 e. The maximum atomic E-state index is 8.76. The molecule has 0 spiro atoms. The van der Waals surface area contributed by atoms with Gasteiger partial charge in [-0.25, -0.2) is 0 Å². The van der Waals surface area contributed by atoms with Gasteiger partial charge in [-0.05, 0) is 36.1 Å². The van der Waals surface area contributed by atoms with E-state index in [-0.39, 0.29) is 11.2 Å². The predicted octanol–water partition coefficient (Wildman–Crippen LogP) is 6.23.